The molecule has 112 valence electrons. The maximum absolute atomic E-state index is 12.0. The molecule has 1 rings (SSSR count). The number of hydrogen-bond donors (Lipinski definition) is 2. The lowest BCUT2D eigenvalue weighted by Crippen LogP contribution is -2.40. The Hall–Kier alpha value is -1.59. The second kappa shape index (κ2) is 8.55. The SMILES string of the molecule is COCC(CO)NC(=O)c1cccc(OCC(C)C)c1. The van der Waals surface area contributed by atoms with Gasteiger partial charge in [-0.05, 0) is 24.1 Å². The third-order valence-electron chi connectivity index (χ3n) is 2.60. The van der Waals surface area contributed by atoms with E-state index in [1.54, 1.807) is 18.2 Å². The number of ether oxygens (including phenoxy) is 2. The van der Waals surface area contributed by atoms with Gasteiger partial charge < -0.3 is 19.9 Å². The highest BCUT2D eigenvalue weighted by molar-refractivity contribution is 5.94. The molecular formula is C15H23NO4. The van der Waals surface area contributed by atoms with Gasteiger partial charge in [0.15, 0.2) is 0 Å². The predicted molar refractivity (Wildman–Crippen MR) is 77.0 cm³/mol. The summed E-state index contributed by atoms with van der Waals surface area (Å²) in [7, 11) is 1.52. The first-order valence-electron chi connectivity index (χ1n) is 6.70. The minimum Gasteiger partial charge on any atom is -0.493 e. The van der Waals surface area contributed by atoms with Crippen LogP contribution in [0.2, 0.25) is 0 Å². The number of rotatable bonds is 8. The average Bonchev–Trinajstić information content (AvgIpc) is 2.44. The molecule has 1 aromatic rings. The van der Waals surface area contributed by atoms with E-state index in [1.165, 1.54) is 7.11 Å². The van der Waals surface area contributed by atoms with E-state index >= 15 is 0 Å². The van der Waals surface area contributed by atoms with Crippen LogP contribution in [-0.4, -0.2) is 44.0 Å². The summed E-state index contributed by atoms with van der Waals surface area (Å²) in [4.78, 5) is 12.0. The number of carbonyl (C=O) groups is 1. The predicted octanol–water partition coefficient (Wildman–Crippen LogP) is 1.46. The van der Waals surface area contributed by atoms with E-state index in [1.807, 2.05) is 6.07 Å². The Morgan fingerprint density at radius 3 is 2.70 bits per heavy atom. The highest BCUT2D eigenvalue weighted by Gasteiger charge is 2.13. The molecule has 1 unspecified atom stereocenters. The molecule has 0 radical (unpaired) electrons. The third kappa shape index (κ3) is 5.59. The second-order valence-corrected chi connectivity index (χ2v) is 5.04. The van der Waals surface area contributed by atoms with Crippen molar-refractivity contribution in [2.24, 2.45) is 5.92 Å². The van der Waals surface area contributed by atoms with E-state index in [0.29, 0.717) is 23.8 Å². The van der Waals surface area contributed by atoms with Gasteiger partial charge in [-0.25, -0.2) is 0 Å². The van der Waals surface area contributed by atoms with Gasteiger partial charge in [-0.3, -0.25) is 4.79 Å². The molecule has 0 spiro atoms. The monoisotopic (exact) mass is 281 g/mol. The zero-order valence-electron chi connectivity index (χ0n) is 12.3. The number of aliphatic hydroxyl groups excluding tert-OH is 1. The summed E-state index contributed by atoms with van der Waals surface area (Å²) in [6.45, 7) is 4.84. The summed E-state index contributed by atoms with van der Waals surface area (Å²) in [5.41, 5.74) is 0.501. The second-order valence-electron chi connectivity index (χ2n) is 5.04. The minimum atomic E-state index is -0.410. The van der Waals surface area contributed by atoms with Crippen molar-refractivity contribution in [3.05, 3.63) is 29.8 Å². The van der Waals surface area contributed by atoms with Crippen molar-refractivity contribution in [3.8, 4) is 5.75 Å². The first-order valence-corrected chi connectivity index (χ1v) is 6.70. The molecule has 20 heavy (non-hydrogen) atoms. The van der Waals surface area contributed by atoms with E-state index in [9.17, 15) is 4.79 Å². The van der Waals surface area contributed by atoms with Crippen molar-refractivity contribution in [2.75, 3.05) is 26.9 Å². The van der Waals surface area contributed by atoms with Gasteiger partial charge in [-0.2, -0.15) is 0 Å². The molecule has 0 aliphatic rings. The molecular weight excluding hydrogens is 258 g/mol. The number of aliphatic hydroxyl groups is 1. The highest BCUT2D eigenvalue weighted by Crippen LogP contribution is 2.14. The lowest BCUT2D eigenvalue weighted by Gasteiger charge is -2.15. The van der Waals surface area contributed by atoms with E-state index in [0.717, 1.165) is 0 Å². The lowest BCUT2D eigenvalue weighted by molar-refractivity contribution is 0.0839. The zero-order chi connectivity index (χ0) is 15.0. The molecule has 5 heteroatoms. The van der Waals surface area contributed by atoms with Gasteiger partial charge in [-0.15, -0.1) is 0 Å². The summed E-state index contributed by atoms with van der Waals surface area (Å²) < 4.78 is 10.5. The van der Waals surface area contributed by atoms with Crippen LogP contribution in [0, 0.1) is 5.92 Å². The van der Waals surface area contributed by atoms with Gasteiger partial charge in [0, 0.05) is 12.7 Å². The Bertz CT molecular complexity index is 420. The normalized spacial score (nSPS) is 12.2. The van der Waals surface area contributed by atoms with Crippen LogP contribution < -0.4 is 10.1 Å². The molecule has 2 N–H and O–H groups in total. The van der Waals surface area contributed by atoms with Crippen molar-refractivity contribution in [3.63, 3.8) is 0 Å². The maximum atomic E-state index is 12.0. The van der Waals surface area contributed by atoms with E-state index in [-0.39, 0.29) is 19.1 Å². The fourth-order valence-electron chi connectivity index (χ4n) is 1.60. The van der Waals surface area contributed by atoms with Gasteiger partial charge >= 0.3 is 0 Å². The Morgan fingerprint density at radius 2 is 2.10 bits per heavy atom. The molecule has 0 bridgehead atoms. The lowest BCUT2D eigenvalue weighted by atomic mass is 10.2. The van der Waals surface area contributed by atoms with Crippen molar-refractivity contribution in [2.45, 2.75) is 19.9 Å². The number of carbonyl (C=O) groups excluding carboxylic acids is 1. The van der Waals surface area contributed by atoms with Gasteiger partial charge in [0.25, 0.3) is 5.91 Å². The first kappa shape index (κ1) is 16.5. The van der Waals surface area contributed by atoms with Gasteiger partial charge in [0.1, 0.15) is 5.75 Å². The molecule has 0 saturated heterocycles. The molecule has 0 aliphatic carbocycles. The summed E-state index contributed by atoms with van der Waals surface area (Å²) >= 11 is 0. The highest BCUT2D eigenvalue weighted by atomic mass is 16.5. The van der Waals surface area contributed by atoms with Crippen LogP contribution in [-0.2, 0) is 4.74 Å². The van der Waals surface area contributed by atoms with Crippen LogP contribution in [0.15, 0.2) is 24.3 Å². The average molecular weight is 281 g/mol. The number of methoxy groups -OCH3 is 1. The summed E-state index contributed by atoms with van der Waals surface area (Å²) in [5, 5.41) is 11.8. The van der Waals surface area contributed by atoms with Gasteiger partial charge in [0.05, 0.1) is 25.9 Å². The van der Waals surface area contributed by atoms with E-state index in [4.69, 9.17) is 14.6 Å². The van der Waals surface area contributed by atoms with Crippen molar-refractivity contribution in [1.82, 2.24) is 5.32 Å². The molecule has 5 nitrogen and oxygen atoms in total. The quantitative estimate of drug-likeness (QED) is 0.757. The van der Waals surface area contributed by atoms with Gasteiger partial charge in [-0.1, -0.05) is 19.9 Å². The molecule has 0 saturated carbocycles. The maximum Gasteiger partial charge on any atom is 0.251 e. The topological polar surface area (TPSA) is 67.8 Å². The smallest absolute Gasteiger partial charge is 0.251 e. The Morgan fingerprint density at radius 1 is 1.35 bits per heavy atom. The Kier molecular flexibility index (Phi) is 7.04. The number of hydrogen-bond acceptors (Lipinski definition) is 4. The number of nitrogens with one attached hydrogen (secondary N) is 1. The molecule has 0 aromatic heterocycles. The van der Waals surface area contributed by atoms with Crippen LogP contribution in [0.1, 0.15) is 24.2 Å². The number of amides is 1. The van der Waals surface area contributed by atoms with Crippen molar-refractivity contribution in [1.29, 1.82) is 0 Å². The molecule has 1 aromatic carbocycles. The van der Waals surface area contributed by atoms with Gasteiger partial charge in [0.2, 0.25) is 0 Å². The molecule has 0 fully saturated rings. The minimum absolute atomic E-state index is 0.164. The first-order chi connectivity index (χ1) is 9.56. The molecule has 0 aliphatic heterocycles. The van der Waals surface area contributed by atoms with Crippen LogP contribution in [0.25, 0.3) is 0 Å². The summed E-state index contributed by atoms with van der Waals surface area (Å²) in [6, 6.07) is 6.58. The molecule has 1 amide bonds. The van der Waals surface area contributed by atoms with Crippen molar-refractivity contribution >= 4 is 5.91 Å². The summed E-state index contributed by atoms with van der Waals surface area (Å²) in [5.74, 6) is 0.836. The standard InChI is InChI=1S/C15H23NO4/c1-11(2)9-20-14-6-4-5-12(7-14)15(18)16-13(8-17)10-19-3/h4-7,11,13,17H,8-10H2,1-3H3,(H,16,18). The van der Waals surface area contributed by atoms with E-state index < -0.39 is 6.04 Å². The zero-order valence-corrected chi connectivity index (χ0v) is 12.3. The molecule has 0 heterocycles. The fraction of sp³-hybridized carbons (Fsp3) is 0.533. The van der Waals surface area contributed by atoms with Crippen molar-refractivity contribution < 1.29 is 19.4 Å². The van der Waals surface area contributed by atoms with Crippen LogP contribution in [0.4, 0.5) is 0 Å². The molecule has 1 atom stereocenters. The Balaban J connectivity index is 2.65. The Labute approximate surface area is 119 Å². The van der Waals surface area contributed by atoms with E-state index in [2.05, 4.69) is 19.2 Å². The third-order valence-corrected chi connectivity index (χ3v) is 2.60. The van der Waals surface area contributed by atoms with Crippen LogP contribution in [0.3, 0.4) is 0 Å². The largest absolute Gasteiger partial charge is 0.493 e. The van der Waals surface area contributed by atoms with Crippen LogP contribution in [0.5, 0.6) is 5.75 Å². The fourth-order valence-corrected chi connectivity index (χ4v) is 1.60. The number of benzene rings is 1. The van der Waals surface area contributed by atoms with Crippen LogP contribution >= 0.6 is 0 Å². The summed E-state index contributed by atoms with van der Waals surface area (Å²) in [6.07, 6.45) is 0.